The van der Waals surface area contributed by atoms with Crippen LogP contribution in [0.25, 0.3) is 5.69 Å². The van der Waals surface area contributed by atoms with Crippen LogP contribution in [0.5, 0.6) is 11.5 Å². The van der Waals surface area contributed by atoms with Crippen LogP contribution in [0.2, 0.25) is 0 Å². The molecule has 1 saturated heterocycles. The molecule has 202 valence electrons. The van der Waals surface area contributed by atoms with E-state index in [1.807, 2.05) is 0 Å². The van der Waals surface area contributed by atoms with Gasteiger partial charge in [-0.05, 0) is 30.7 Å². The lowest BCUT2D eigenvalue weighted by atomic mass is 9.64. The molecule has 0 bridgehead atoms. The monoisotopic (exact) mass is 570 g/mol. The Morgan fingerprint density at radius 2 is 1.72 bits per heavy atom. The van der Waals surface area contributed by atoms with Crippen LogP contribution >= 0.6 is 23.2 Å². The molecule has 10 nitrogen and oxygen atoms in total. The Labute approximate surface area is 232 Å². The number of carbonyl (C=O) groups is 2. The quantitative estimate of drug-likeness (QED) is 0.293. The van der Waals surface area contributed by atoms with Crippen molar-refractivity contribution in [2.45, 2.75) is 41.6 Å². The molecule has 0 spiro atoms. The molecule has 1 aliphatic carbocycles. The number of rotatable bonds is 4. The average molecular weight is 571 g/mol. The lowest BCUT2D eigenvalue weighted by Crippen LogP contribution is -2.59. The van der Waals surface area contributed by atoms with Gasteiger partial charge >= 0.3 is 11.4 Å². The third-order valence-corrected chi connectivity index (χ3v) is 9.35. The van der Waals surface area contributed by atoms with Gasteiger partial charge in [-0.3, -0.25) is 14.5 Å². The molecule has 1 aromatic heterocycles. The maximum Gasteiger partial charge on any atom is 0.352 e. The second-order valence-corrected chi connectivity index (χ2v) is 11.1. The summed E-state index contributed by atoms with van der Waals surface area (Å²) in [6.07, 6.45) is 1.49. The zero-order valence-corrected chi connectivity index (χ0v) is 22.5. The van der Waals surface area contributed by atoms with E-state index in [2.05, 4.69) is 0 Å². The summed E-state index contributed by atoms with van der Waals surface area (Å²) in [4.78, 5) is 51.2. The first kappa shape index (κ1) is 25.5. The largest absolute Gasteiger partial charge is 0.504 e. The van der Waals surface area contributed by atoms with Gasteiger partial charge in [0.15, 0.2) is 21.2 Å². The lowest BCUT2D eigenvalue weighted by Gasteiger charge is -2.49. The van der Waals surface area contributed by atoms with E-state index in [1.165, 1.54) is 16.4 Å². The molecule has 3 heterocycles. The lowest BCUT2D eigenvalue weighted by molar-refractivity contribution is -0.137. The van der Waals surface area contributed by atoms with E-state index >= 15 is 0 Å². The Kier molecular flexibility index (Phi) is 5.64. The average Bonchev–Trinajstić information content (AvgIpc) is 3.26. The molecule has 39 heavy (non-hydrogen) atoms. The molecule has 2 aliphatic heterocycles. The van der Waals surface area contributed by atoms with Gasteiger partial charge in [0.25, 0.3) is 11.8 Å². The number of carbonyl (C=O) groups excluding carboxylic acids is 2. The molecular formula is C27H24Cl2N4O6. The fourth-order valence-electron chi connectivity index (χ4n) is 6.19. The van der Waals surface area contributed by atoms with Gasteiger partial charge in [-0.2, -0.15) is 0 Å². The third kappa shape index (κ3) is 3.15. The van der Waals surface area contributed by atoms with Gasteiger partial charge in [0, 0.05) is 24.9 Å². The molecule has 1 saturated carbocycles. The van der Waals surface area contributed by atoms with E-state index in [-0.39, 0.29) is 36.6 Å². The number of phenols is 1. The van der Waals surface area contributed by atoms with Gasteiger partial charge in [-0.1, -0.05) is 36.4 Å². The molecule has 0 radical (unpaired) electrons. The number of alkyl halides is 2. The van der Waals surface area contributed by atoms with Crippen LogP contribution in [0.15, 0.2) is 69.8 Å². The Hall–Kier alpha value is -3.76. The highest BCUT2D eigenvalue weighted by molar-refractivity contribution is 6.53. The number of imide groups is 1. The number of halogens is 2. The Balaban J connectivity index is 1.62. The minimum Gasteiger partial charge on any atom is -0.504 e. The van der Waals surface area contributed by atoms with Crippen LogP contribution in [0.1, 0.15) is 30.9 Å². The number of hydrogen-bond acceptors (Lipinski definition) is 6. The van der Waals surface area contributed by atoms with E-state index in [9.17, 15) is 24.3 Å². The minimum absolute atomic E-state index is 0.00236. The second-order valence-electron chi connectivity index (χ2n) is 9.83. The Morgan fingerprint density at radius 1 is 1.00 bits per heavy atom. The molecule has 2 aromatic carbocycles. The SMILES string of the molecule is CCOc1cccc(C2C3=CCn4c(=O)n(-c5ccccc5)c(=O)n4C3CC3(Cl)C(=O)N(C)C(=O)C23Cl)c1O. The van der Waals surface area contributed by atoms with Gasteiger partial charge in [0.2, 0.25) is 0 Å². The molecule has 2 fully saturated rings. The van der Waals surface area contributed by atoms with E-state index in [0.717, 1.165) is 9.47 Å². The van der Waals surface area contributed by atoms with Crippen molar-refractivity contribution in [3.63, 3.8) is 0 Å². The number of amides is 2. The van der Waals surface area contributed by atoms with Crippen LogP contribution < -0.4 is 16.1 Å². The van der Waals surface area contributed by atoms with Crippen LogP contribution in [0.3, 0.4) is 0 Å². The highest BCUT2D eigenvalue weighted by Crippen LogP contribution is 2.64. The maximum atomic E-state index is 13.8. The first-order valence-corrected chi connectivity index (χ1v) is 13.2. The summed E-state index contributed by atoms with van der Waals surface area (Å²) in [5, 5.41) is 11.3. The molecule has 3 aliphatic rings. The maximum absolute atomic E-state index is 13.8. The topological polar surface area (TPSA) is 116 Å². The molecule has 1 N–H and O–H groups in total. The number of ether oxygens (including phenoxy) is 1. The van der Waals surface area contributed by atoms with Crippen LogP contribution in [0.4, 0.5) is 0 Å². The molecule has 2 amide bonds. The summed E-state index contributed by atoms with van der Waals surface area (Å²) in [7, 11) is 1.30. The molecule has 4 atom stereocenters. The van der Waals surface area contributed by atoms with Crippen LogP contribution in [0, 0.1) is 0 Å². The van der Waals surface area contributed by atoms with Gasteiger partial charge < -0.3 is 9.84 Å². The van der Waals surface area contributed by atoms with Gasteiger partial charge in [0.05, 0.1) is 24.9 Å². The van der Waals surface area contributed by atoms with Crippen molar-refractivity contribution < 1.29 is 19.4 Å². The Bertz CT molecular complexity index is 1690. The summed E-state index contributed by atoms with van der Waals surface area (Å²) in [5.74, 6) is -2.64. The van der Waals surface area contributed by atoms with Gasteiger partial charge in [-0.15, -0.1) is 23.2 Å². The van der Waals surface area contributed by atoms with Crippen molar-refractivity contribution in [2.24, 2.45) is 0 Å². The minimum atomic E-state index is -2.01. The standard InChI is InChI=1S/C27H24Cl2N4O6/c1-3-39-19-11-7-10-17(21(19)34)20-16-12-13-31-24(37)32(15-8-5-4-6-9-15)25(38)33(31)18(16)14-26(28)22(35)30(2)23(36)27(20,26)29/h4-12,18,20,34H,3,13-14H2,1-2H3. The molecular weight excluding hydrogens is 547 g/mol. The Morgan fingerprint density at radius 3 is 2.41 bits per heavy atom. The van der Waals surface area contributed by atoms with Gasteiger partial charge in [-0.25, -0.2) is 23.5 Å². The predicted octanol–water partition coefficient (Wildman–Crippen LogP) is 2.53. The summed E-state index contributed by atoms with van der Waals surface area (Å²) in [6, 6.07) is 12.4. The van der Waals surface area contributed by atoms with Crippen molar-refractivity contribution in [1.29, 1.82) is 0 Å². The zero-order valence-electron chi connectivity index (χ0n) is 21.0. The fraction of sp³-hybridized carbons (Fsp3) is 0.333. The molecule has 3 aromatic rings. The summed E-state index contributed by atoms with van der Waals surface area (Å²) in [6.45, 7) is 2.03. The van der Waals surface area contributed by atoms with Crippen molar-refractivity contribution in [3.05, 3.63) is 86.7 Å². The number of nitrogens with zero attached hydrogens (tertiary/aromatic N) is 4. The summed E-state index contributed by atoms with van der Waals surface area (Å²) in [5.41, 5.74) is -0.0810. The molecule has 6 rings (SSSR count). The number of aromatic hydroxyl groups is 1. The number of allylic oxidation sites excluding steroid dienone is 2. The number of fused-ring (bicyclic) bond motifs is 4. The predicted molar refractivity (Wildman–Crippen MR) is 143 cm³/mol. The third-order valence-electron chi connectivity index (χ3n) is 7.94. The van der Waals surface area contributed by atoms with E-state index in [4.69, 9.17) is 27.9 Å². The number of hydrogen-bond donors (Lipinski definition) is 1. The number of para-hydroxylation sites is 2. The number of likely N-dealkylation sites (tertiary alicyclic amines) is 1. The zero-order chi connectivity index (χ0) is 27.9. The number of aromatic nitrogens is 3. The first-order valence-electron chi connectivity index (χ1n) is 12.4. The van der Waals surface area contributed by atoms with E-state index in [0.29, 0.717) is 11.3 Å². The number of benzene rings is 2. The van der Waals surface area contributed by atoms with E-state index in [1.54, 1.807) is 61.5 Å². The normalized spacial score (nSPS) is 27.6. The first-order chi connectivity index (χ1) is 18.6. The highest BCUT2D eigenvalue weighted by Gasteiger charge is 2.75. The van der Waals surface area contributed by atoms with Crippen LogP contribution in [-0.4, -0.2) is 59.2 Å². The van der Waals surface area contributed by atoms with Crippen LogP contribution in [-0.2, 0) is 16.1 Å². The van der Waals surface area contributed by atoms with Crippen molar-refractivity contribution >= 4 is 35.0 Å². The summed E-state index contributed by atoms with van der Waals surface area (Å²) >= 11 is 14.2. The van der Waals surface area contributed by atoms with Crippen molar-refractivity contribution in [1.82, 2.24) is 18.8 Å². The fourth-order valence-corrected chi connectivity index (χ4v) is 7.19. The smallest absolute Gasteiger partial charge is 0.352 e. The highest BCUT2D eigenvalue weighted by atomic mass is 35.5. The van der Waals surface area contributed by atoms with Crippen molar-refractivity contribution in [3.8, 4) is 17.2 Å². The summed E-state index contributed by atoms with van der Waals surface area (Å²) < 4.78 is 9.18. The second kappa shape index (κ2) is 8.62. The van der Waals surface area contributed by atoms with Crippen molar-refractivity contribution in [2.75, 3.05) is 13.7 Å². The number of phenolic OH excluding ortho intramolecular Hbond substituents is 1. The van der Waals surface area contributed by atoms with E-state index < -0.39 is 44.9 Å². The van der Waals surface area contributed by atoms with Gasteiger partial charge in [0.1, 0.15) is 0 Å². The molecule has 12 heteroatoms. The molecule has 4 unspecified atom stereocenters.